The molecule has 1 atom stereocenters. The zero-order valence-electron chi connectivity index (χ0n) is 11.3. The van der Waals surface area contributed by atoms with E-state index >= 15 is 0 Å². The SMILES string of the molecule is CN(C)CCOCCN1CCNC(C2CC2)C1. The highest BCUT2D eigenvalue weighted by molar-refractivity contribution is 4.91. The Morgan fingerprint density at radius 2 is 2.12 bits per heavy atom. The normalized spacial score (nSPS) is 26.6. The number of likely N-dealkylation sites (N-methyl/N-ethyl adjacent to an activating group) is 1. The first-order valence-electron chi connectivity index (χ1n) is 6.94. The number of hydrogen-bond donors (Lipinski definition) is 1. The van der Waals surface area contributed by atoms with E-state index in [-0.39, 0.29) is 0 Å². The number of hydrogen-bond acceptors (Lipinski definition) is 4. The first kappa shape index (κ1) is 13.3. The molecule has 1 saturated carbocycles. The predicted molar refractivity (Wildman–Crippen MR) is 70.3 cm³/mol. The van der Waals surface area contributed by atoms with Gasteiger partial charge in [-0.15, -0.1) is 0 Å². The van der Waals surface area contributed by atoms with Gasteiger partial charge >= 0.3 is 0 Å². The van der Waals surface area contributed by atoms with Crippen molar-refractivity contribution in [3.63, 3.8) is 0 Å². The van der Waals surface area contributed by atoms with E-state index in [4.69, 9.17) is 4.74 Å². The molecule has 17 heavy (non-hydrogen) atoms. The van der Waals surface area contributed by atoms with Gasteiger partial charge < -0.3 is 15.0 Å². The lowest BCUT2D eigenvalue weighted by molar-refractivity contribution is 0.0810. The van der Waals surface area contributed by atoms with Crippen molar-refractivity contribution in [1.82, 2.24) is 15.1 Å². The highest BCUT2D eigenvalue weighted by Gasteiger charge is 2.33. The first-order chi connectivity index (χ1) is 8.25. The fraction of sp³-hybridized carbons (Fsp3) is 1.00. The van der Waals surface area contributed by atoms with Crippen molar-refractivity contribution < 1.29 is 4.74 Å². The molecule has 2 aliphatic rings. The van der Waals surface area contributed by atoms with Gasteiger partial charge in [0.15, 0.2) is 0 Å². The molecular weight excluding hydrogens is 214 g/mol. The molecule has 2 rings (SSSR count). The summed E-state index contributed by atoms with van der Waals surface area (Å²) in [6.07, 6.45) is 2.87. The van der Waals surface area contributed by atoms with E-state index in [1.54, 1.807) is 0 Å². The van der Waals surface area contributed by atoms with Gasteiger partial charge in [0.05, 0.1) is 13.2 Å². The van der Waals surface area contributed by atoms with Crippen molar-refractivity contribution in [2.24, 2.45) is 5.92 Å². The summed E-state index contributed by atoms with van der Waals surface area (Å²) in [6.45, 7) is 7.40. The van der Waals surface area contributed by atoms with Gasteiger partial charge in [0.2, 0.25) is 0 Å². The Balaban J connectivity index is 1.52. The van der Waals surface area contributed by atoms with Crippen LogP contribution in [-0.2, 0) is 4.74 Å². The van der Waals surface area contributed by atoms with Gasteiger partial charge in [-0.05, 0) is 32.9 Å². The van der Waals surface area contributed by atoms with E-state index in [0.717, 1.165) is 44.8 Å². The third kappa shape index (κ3) is 4.92. The van der Waals surface area contributed by atoms with Gasteiger partial charge in [0.25, 0.3) is 0 Å². The van der Waals surface area contributed by atoms with Crippen LogP contribution in [0.3, 0.4) is 0 Å². The van der Waals surface area contributed by atoms with Gasteiger partial charge in [-0.1, -0.05) is 0 Å². The van der Waals surface area contributed by atoms with Crippen molar-refractivity contribution in [2.75, 3.05) is 60.0 Å². The van der Waals surface area contributed by atoms with Crippen LogP contribution in [0.25, 0.3) is 0 Å². The summed E-state index contributed by atoms with van der Waals surface area (Å²) in [7, 11) is 4.17. The summed E-state index contributed by atoms with van der Waals surface area (Å²) in [6, 6.07) is 0.755. The molecule has 100 valence electrons. The second kappa shape index (κ2) is 6.69. The lowest BCUT2D eigenvalue weighted by Crippen LogP contribution is -2.52. The molecular formula is C13H27N3O. The average molecular weight is 241 g/mol. The zero-order valence-corrected chi connectivity index (χ0v) is 11.3. The van der Waals surface area contributed by atoms with E-state index < -0.39 is 0 Å². The quantitative estimate of drug-likeness (QED) is 0.647. The van der Waals surface area contributed by atoms with Crippen molar-refractivity contribution in [2.45, 2.75) is 18.9 Å². The standard InChI is InChI=1S/C13H27N3O/c1-15(2)7-9-17-10-8-16-6-5-14-13(11-16)12-3-4-12/h12-14H,3-11H2,1-2H3. The van der Waals surface area contributed by atoms with Crippen molar-refractivity contribution in [1.29, 1.82) is 0 Å². The lowest BCUT2D eigenvalue weighted by atomic mass is 10.1. The smallest absolute Gasteiger partial charge is 0.0594 e. The van der Waals surface area contributed by atoms with Gasteiger partial charge in [-0.25, -0.2) is 0 Å². The summed E-state index contributed by atoms with van der Waals surface area (Å²) in [5, 5.41) is 3.64. The van der Waals surface area contributed by atoms with Crippen LogP contribution in [0.1, 0.15) is 12.8 Å². The molecule has 0 aromatic carbocycles. The molecule has 1 aliphatic carbocycles. The summed E-state index contributed by atoms with van der Waals surface area (Å²) >= 11 is 0. The second-order valence-corrected chi connectivity index (χ2v) is 5.61. The highest BCUT2D eigenvalue weighted by atomic mass is 16.5. The van der Waals surface area contributed by atoms with Crippen LogP contribution in [0.15, 0.2) is 0 Å². The van der Waals surface area contributed by atoms with Crippen LogP contribution in [-0.4, -0.2) is 75.9 Å². The maximum absolute atomic E-state index is 5.65. The third-order valence-electron chi connectivity index (χ3n) is 3.72. The van der Waals surface area contributed by atoms with Crippen LogP contribution in [0.2, 0.25) is 0 Å². The molecule has 0 spiro atoms. The van der Waals surface area contributed by atoms with Crippen molar-refractivity contribution >= 4 is 0 Å². The van der Waals surface area contributed by atoms with Crippen LogP contribution >= 0.6 is 0 Å². The van der Waals surface area contributed by atoms with Gasteiger partial charge in [-0.3, -0.25) is 4.90 Å². The van der Waals surface area contributed by atoms with Crippen molar-refractivity contribution in [3.8, 4) is 0 Å². The molecule has 1 N–H and O–H groups in total. The molecule has 1 aliphatic heterocycles. The second-order valence-electron chi connectivity index (χ2n) is 5.61. The maximum atomic E-state index is 5.65. The fourth-order valence-corrected chi connectivity index (χ4v) is 2.40. The number of nitrogens with zero attached hydrogens (tertiary/aromatic N) is 2. The molecule has 0 bridgehead atoms. The van der Waals surface area contributed by atoms with Crippen LogP contribution in [0.5, 0.6) is 0 Å². The van der Waals surface area contributed by atoms with E-state index in [1.165, 1.54) is 25.9 Å². The number of ether oxygens (including phenoxy) is 1. The van der Waals surface area contributed by atoms with Crippen molar-refractivity contribution in [3.05, 3.63) is 0 Å². The van der Waals surface area contributed by atoms with E-state index in [2.05, 4.69) is 29.2 Å². The molecule has 4 heteroatoms. The molecule has 1 unspecified atom stereocenters. The number of rotatable bonds is 7. The Kier molecular flexibility index (Phi) is 5.22. The molecule has 0 amide bonds. The highest BCUT2D eigenvalue weighted by Crippen LogP contribution is 2.33. The molecule has 0 aromatic heterocycles. The Morgan fingerprint density at radius 1 is 1.29 bits per heavy atom. The Morgan fingerprint density at radius 3 is 2.82 bits per heavy atom. The zero-order chi connectivity index (χ0) is 12.1. The molecule has 1 saturated heterocycles. The topological polar surface area (TPSA) is 27.7 Å². The van der Waals surface area contributed by atoms with E-state index in [1.807, 2.05) is 0 Å². The Bertz CT molecular complexity index is 219. The Hall–Kier alpha value is -0.160. The molecule has 1 heterocycles. The summed E-state index contributed by atoms with van der Waals surface area (Å²) in [5.41, 5.74) is 0. The first-order valence-corrected chi connectivity index (χ1v) is 6.94. The van der Waals surface area contributed by atoms with Crippen LogP contribution in [0.4, 0.5) is 0 Å². The molecule has 2 fully saturated rings. The summed E-state index contributed by atoms with van der Waals surface area (Å²) in [5.74, 6) is 0.965. The minimum absolute atomic E-state index is 0.755. The maximum Gasteiger partial charge on any atom is 0.0594 e. The lowest BCUT2D eigenvalue weighted by Gasteiger charge is -2.33. The van der Waals surface area contributed by atoms with Crippen LogP contribution in [0, 0.1) is 5.92 Å². The Labute approximate surface area is 105 Å². The van der Waals surface area contributed by atoms with E-state index in [0.29, 0.717) is 0 Å². The minimum Gasteiger partial charge on any atom is -0.379 e. The van der Waals surface area contributed by atoms with E-state index in [9.17, 15) is 0 Å². The van der Waals surface area contributed by atoms with Gasteiger partial charge in [-0.2, -0.15) is 0 Å². The predicted octanol–water partition coefficient (Wildman–Crippen LogP) is 0.248. The van der Waals surface area contributed by atoms with Crippen LogP contribution < -0.4 is 5.32 Å². The number of piperazine rings is 1. The summed E-state index contributed by atoms with van der Waals surface area (Å²) < 4.78 is 5.65. The third-order valence-corrected chi connectivity index (χ3v) is 3.72. The average Bonchev–Trinajstić information content (AvgIpc) is 3.12. The molecule has 4 nitrogen and oxygen atoms in total. The molecule has 0 aromatic rings. The number of nitrogens with one attached hydrogen (secondary N) is 1. The van der Waals surface area contributed by atoms with Gasteiger partial charge in [0, 0.05) is 38.8 Å². The largest absolute Gasteiger partial charge is 0.379 e. The minimum atomic E-state index is 0.755. The van der Waals surface area contributed by atoms with Gasteiger partial charge in [0.1, 0.15) is 0 Å². The monoisotopic (exact) mass is 241 g/mol. The summed E-state index contributed by atoms with van der Waals surface area (Å²) in [4.78, 5) is 4.71. The fourth-order valence-electron chi connectivity index (χ4n) is 2.40. The molecule has 0 radical (unpaired) electrons.